The van der Waals surface area contributed by atoms with E-state index in [9.17, 15) is 18.0 Å². The smallest absolute Gasteiger partial charge is 0.326 e. The van der Waals surface area contributed by atoms with Crippen molar-refractivity contribution in [2.45, 2.75) is 23.8 Å². The zero-order valence-corrected chi connectivity index (χ0v) is 14.2. The van der Waals surface area contributed by atoms with Crippen molar-refractivity contribution in [1.29, 1.82) is 0 Å². The van der Waals surface area contributed by atoms with Gasteiger partial charge in [0.2, 0.25) is 10.0 Å². The number of methoxy groups -OCH3 is 1. The molecule has 1 amide bonds. The Morgan fingerprint density at radius 2 is 2.08 bits per heavy atom. The summed E-state index contributed by atoms with van der Waals surface area (Å²) in [6.45, 7) is 3.50. The molecule has 8 nitrogen and oxygen atoms in total. The molecule has 0 aliphatic rings. The van der Waals surface area contributed by atoms with Crippen LogP contribution in [-0.4, -0.2) is 45.6 Å². The molecule has 132 valence electrons. The number of benzene rings is 1. The van der Waals surface area contributed by atoms with Gasteiger partial charge in [-0.3, -0.25) is 4.79 Å². The third-order valence-corrected chi connectivity index (χ3v) is 4.68. The Balaban J connectivity index is 3.13. The molecule has 0 bridgehead atoms. The van der Waals surface area contributed by atoms with Crippen LogP contribution in [0.2, 0.25) is 0 Å². The van der Waals surface area contributed by atoms with Gasteiger partial charge < -0.3 is 15.2 Å². The highest BCUT2D eigenvalue weighted by atomic mass is 32.2. The van der Waals surface area contributed by atoms with E-state index in [4.69, 9.17) is 9.84 Å². The molecule has 0 aromatic heterocycles. The van der Waals surface area contributed by atoms with Gasteiger partial charge in [0, 0.05) is 5.56 Å². The van der Waals surface area contributed by atoms with Crippen LogP contribution in [0.3, 0.4) is 0 Å². The molecule has 0 aliphatic heterocycles. The zero-order chi connectivity index (χ0) is 18.3. The number of amides is 1. The fourth-order valence-corrected chi connectivity index (χ4v) is 2.84. The van der Waals surface area contributed by atoms with E-state index < -0.39 is 27.9 Å². The van der Waals surface area contributed by atoms with Crippen molar-refractivity contribution in [3.05, 3.63) is 36.4 Å². The van der Waals surface area contributed by atoms with E-state index in [-0.39, 0.29) is 22.6 Å². The summed E-state index contributed by atoms with van der Waals surface area (Å²) < 4.78 is 31.1. The first-order chi connectivity index (χ1) is 11.3. The van der Waals surface area contributed by atoms with E-state index in [0.29, 0.717) is 6.42 Å². The predicted molar refractivity (Wildman–Crippen MR) is 87.6 cm³/mol. The number of carbonyl (C=O) groups is 2. The molecular weight excluding hydrogens is 336 g/mol. The van der Waals surface area contributed by atoms with E-state index >= 15 is 0 Å². The molecule has 0 saturated heterocycles. The summed E-state index contributed by atoms with van der Waals surface area (Å²) in [5.41, 5.74) is 0.00878. The monoisotopic (exact) mass is 356 g/mol. The lowest BCUT2D eigenvalue weighted by Crippen LogP contribution is -2.40. The topological polar surface area (TPSA) is 122 Å². The molecule has 1 rings (SSSR count). The SMILES string of the molecule is C=CCCC(NC(=O)c1ccc(OC)c(S(=O)(=O)NC)c1)C(=O)O. The lowest BCUT2D eigenvalue weighted by Gasteiger charge is -2.15. The number of aliphatic carboxylic acids is 1. The van der Waals surface area contributed by atoms with Gasteiger partial charge in [0.15, 0.2) is 0 Å². The number of carbonyl (C=O) groups excluding carboxylic acids is 1. The Morgan fingerprint density at radius 3 is 2.58 bits per heavy atom. The van der Waals surface area contributed by atoms with Crippen molar-refractivity contribution in [3.8, 4) is 5.75 Å². The number of sulfonamides is 1. The van der Waals surface area contributed by atoms with Gasteiger partial charge in [0.25, 0.3) is 5.91 Å². The average molecular weight is 356 g/mol. The van der Waals surface area contributed by atoms with Crippen LogP contribution < -0.4 is 14.8 Å². The first kappa shape index (κ1) is 19.7. The maximum Gasteiger partial charge on any atom is 0.326 e. The number of carboxylic acid groups (broad SMARTS) is 1. The normalized spacial score (nSPS) is 12.2. The third-order valence-electron chi connectivity index (χ3n) is 3.25. The summed E-state index contributed by atoms with van der Waals surface area (Å²) in [6.07, 6.45) is 2.15. The standard InChI is InChI=1S/C15H20N2O6S/c1-4-5-6-11(15(19)20)17-14(18)10-7-8-12(23-3)13(9-10)24(21,22)16-2/h4,7-9,11,16H,1,5-6H2,2-3H3,(H,17,18)(H,19,20). The molecule has 0 spiro atoms. The number of carboxylic acids is 1. The van der Waals surface area contributed by atoms with E-state index in [1.54, 1.807) is 6.08 Å². The van der Waals surface area contributed by atoms with E-state index in [1.165, 1.54) is 26.3 Å². The second-order valence-corrected chi connectivity index (χ2v) is 6.66. The minimum absolute atomic E-state index is 0.00878. The Kier molecular flexibility index (Phi) is 6.93. The number of hydrogen-bond acceptors (Lipinski definition) is 5. The van der Waals surface area contributed by atoms with E-state index in [0.717, 1.165) is 6.07 Å². The zero-order valence-electron chi connectivity index (χ0n) is 13.4. The minimum atomic E-state index is -3.84. The second-order valence-electron chi connectivity index (χ2n) is 4.80. The third kappa shape index (κ3) is 4.80. The second kappa shape index (κ2) is 8.46. The molecule has 1 unspecified atom stereocenters. The van der Waals surface area contributed by atoms with Crippen LogP contribution >= 0.6 is 0 Å². The molecule has 3 N–H and O–H groups in total. The molecule has 1 aromatic carbocycles. The number of ether oxygens (including phenoxy) is 1. The summed E-state index contributed by atoms with van der Waals surface area (Å²) in [5, 5.41) is 11.5. The summed E-state index contributed by atoms with van der Waals surface area (Å²) in [4.78, 5) is 23.2. The van der Waals surface area contributed by atoms with Crippen LogP contribution in [0.1, 0.15) is 23.2 Å². The van der Waals surface area contributed by atoms with Crippen LogP contribution in [-0.2, 0) is 14.8 Å². The quantitative estimate of drug-likeness (QED) is 0.561. The van der Waals surface area contributed by atoms with Gasteiger partial charge in [0.1, 0.15) is 16.7 Å². The summed E-state index contributed by atoms with van der Waals surface area (Å²) in [7, 11) is -1.30. The van der Waals surface area contributed by atoms with Crippen LogP contribution in [0.5, 0.6) is 5.75 Å². The molecule has 0 heterocycles. The minimum Gasteiger partial charge on any atom is -0.495 e. The molecule has 0 saturated carbocycles. The fourth-order valence-electron chi connectivity index (χ4n) is 1.92. The summed E-state index contributed by atoms with van der Waals surface area (Å²) >= 11 is 0. The van der Waals surface area contributed by atoms with Crippen LogP contribution in [0, 0.1) is 0 Å². The number of nitrogens with one attached hydrogen (secondary N) is 2. The Morgan fingerprint density at radius 1 is 1.42 bits per heavy atom. The Hall–Kier alpha value is -2.39. The highest BCUT2D eigenvalue weighted by Crippen LogP contribution is 2.24. The first-order valence-corrected chi connectivity index (χ1v) is 8.51. The predicted octanol–water partition coefficient (Wildman–Crippen LogP) is 0.752. The number of allylic oxidation sites excluding steroid dienone is 1. The molecule has 24 heavy (non-hydrogen) atoms. The fraction of sp³-hybridized carbons (Fsp3) is 0.333. The first-order valence-electron chi connectivity index (χ1n) is 7.03. The highest BCUT2D eigenvalue weighted by molar-refractivity contribution is 7.89. The van der Waals surface area contributed by atoms with Crippen molar-refractivity contribution in [2.75, 3.05) is 14.2 Å². The summed E-state index contributed by atoms with van der Waals surface area (Å²) in [5.74, 6) is -1.80. The van der Waals surface area contributed by atoms with Gasteiger partial charge in [0.05, 0.1) is 7.11 Å². The number of rotatable bonds is 9. The highest BCUT2D eigenvalue weighted by Gasteiger charge is 2.23. The van der Waals surface area contributed by atoms with Gasteiger partial charge in [-0.05, 0) is 38.1 Å². The average Bonchev–Trinajstić information content (AvgIpc) is 2.57. The molecular formula is C15H20N2O6S. The van der Waals surface area contributed by atoms with Gasteiger partial charge in [-0.2, -0.15) is 0 Å². The van der Waals surface area contributed by atoms with E-state index in [2.05, 4.69) is 16.6 Å². The molecule has 0 radical (unpaired) electrons. The summed E-state index contributed by atoms with van der Waals surface area (Å²) in [6, 6.07) is 2.72. The maximum atomic E-state index is 12.2. The van der Waals surface area contributed by atoms with Crippen molar-refractivity contribution < 1.29 is 27.9 Å². The largest absolute Gasteiger partial charge is 0.495 e. The van der Waals surface area contributed by atoms with Crippen molar-refractivity contribution in [2.24, 2.45) is 0 Å². The van der Waals surface area contributed by atoms with Gasteiger partial charge in [-0.15, -0.1) is 6.58 Å². The van der Waals surface area contributed by atoms with Gasteiger partial charge >= 0.3 is 5.97 Å². The molecule has 0 aliphatic carbocycles. The van der Waals surface area contributed by atoms with E-state index in [1.807, 2.05) is 0 Å². The van der Waals surface area contributed by atoms with Crippen LogP contribution in [0.4, 0.5) is 0 Å². The van der Waals surface area contributed by atoms with Gasteiger partial charge in [-0.25, -0.2) is 17.9 Å². The molecule has 1 atom stereocenters. The van der Waals surface area contributed by atoms with Gasteiger partial charge in [-0.1, -0.05) is 6.08 Å². The van der Waals surface area contributed by atoms with Crippen molar-refractivity contribution >= 4 is 21.9 Å². The lowest BCUT2D eigenvalue weighted by molar-refractivity contribution is -0.139. The maximum absolute atomic E-state index is 12.2. The molecule has 9 heteroatoms. The van der Waals surface area contributed by atoms with Crippen molar-refractivity contribution in [1.82, 2.24) is 10.0 Å². The Bertz CT molecular complexity index is 729. The molecule has 1 aromatic rings. The van der Waals surface area contributed by atoms with Crippen LogP contribution in [0.15, 0.2) is 35.7 Å². The van der Waals surface area contributed by atoms with Crippen molar-refractivity contribution in [3.63, 3.8) is 0 Å². The lowest BCUT2D eigenvalue weighted by atomic mass is 10.1. The Labute approximate surface area is 140 Å². The van der Waals surface area contributed by atoms with Crippen LogP contribution in [0.25, 0.3) is 0 Å². The number of hydrogen-bond donors (Lipinski definition) is 3. The molecule has 0 fully saturated rings.